The maximum absolute atomic E-state index is 5.27. The van der Waals surface area contributed by atoms with Crippen LogP contribution in [0.2, 0.25) is 0 Å². The molecule has 1 heterocycles. The number of thioether (sulfide) groups is 1. The Morgan fingerprint density at radius 1 is 1.56 bits per heavy atom. The van der Waals surface area contributed by atoms with Crippen molar-refractivity contribution in [1.29, 1.82) is 0 Å². The van der Waals surface area contributed by atoms with E-state index in [0.29, 0.717) is 0 Å². The molecule has 0 spiro atoms. The second-order valence-electron chi connectivity index (χ2n) is 1.28. The summed E-state index contributed by atoms with van der Waals surface area (Å²) in [7, 11) is 0. The van der Waals surface area contributed by atoms with E-state index in [-0.39, 0.29) is 0 Å². The number of hydrogen-bond acceptors (Lipinski definition) is 3. The number of aliphatic imine (C=N–C) groups is 1. The van der Waals surface area contributed by atoms with Crippen molar-refractivity contribution in [2.75, 3.05) is 6.26 Å². The molecule has 0 fully saturated rings. The Hall–Kier alpha value is 0.937. The standard InChI is InChI=1S/C4H3NOS.2W/c1-7-4-5-2-3-6-4;;/h1H3;;. The molecule has 0 saturated carbocycles. The van der Waals surface area contributed by atoms with Gasteiger partial charge in [0.25, 0.3) is 0 Å². The molecule has 5 heteroatoms. The van der Waals surface area contributed by atoms with Gasteiger partial charge < -0.3 is 0 Å². The zero-order chi connectivity index (χ0) is 6.85. The fourth-order valence-corrected chi connectivity index (χ4v) is 2.04. The molecule has 1 aliphatic heterocycles. The zero-order valence-corrected chi connectivity index (χ0v) is 11.3. The van der Waals surface area contributed by atoms with E-state index in [1.54, 1.807) is 11.8 Å². The van der Waals surface area contributed by atoms with Crippen LogP contribution in [0.5, 0.6) is 0 Å². The summed E-state index contributed by atoms with van der Waals surface area (Å²) < 4.78 is 7.42. The van der Waals surface area contributed by atoms with Gasteiger partial charge in [-0.1, -0.05) is 0 Å². The molecule has 0 atom stereocenters. The van der Waals surface area contributed by atoms with Crippen LogP contribution in [0.3, 0.4) is 0 Å². The minimum atomic E-state index is 0.796. The molecule has 0 saturated heterocycles. The summed E-state index contributed by atoms with van der Waals surface area (Å²) in [6, 6.07) is 0. The van der Waals surface area contributed by atoms with Gasteiger partial charge >= 0.3 is 79.8 Å². The summed E-state index contributed by atoms with van der Waals surface area (Å²) in [5, 5.41) is 0.796. The number of hydrogen-bond donors (Lipinski definition) is 0. The third-order valence-corrected chi connectivity index (χ3v) is 5.25. The van der Waals surface area contributed by atoms with Crippen LogP contribution in [0.4, 0.5) is 0 Å². The molecule has 0 unspecified atom stereocenters. The molecule has 48 valence electrons. The normalized spacial score (nSPS) is 17.7. The molecule has 1 rings (SSSR count). The molecule has 0 N–H and O–H groups in total. The topological polar surface area (TPSA) is 21.6 Å². The Morgan fingerprint density at radius 2 is 2.22 bits per heavy atom. The van der Waals surface area contributed by atoms with Crippen molar-refractivity contribution in [2.45, 2.75) is 0 Å². The maximum atomic E-state index is 5.27. The van der Waals surface area contributed by atoms with E-state index in [2.05, 4.69) is 4.99 Å². The summed E-state index contributed by atoms with van der Waals surface area (Å²) in [6.07, 6.45) is 1.97. The summed E-state index contributed by atoms with van der Waals surface area (Å²) in [4.78, 5) is 4.18. The van der Waals surface area contributed by atoms with Crippen LogP contribution in [0, 0.1) is 0 Å². The van der Waals surface area contributed by atoms with E-state index in [4.69, 9.17) is 4.74 Å². The molecule has 2 nitrogen and oxygen atoms in total. The van der Waals surface area contributed by atoms with Crippen LogP contribution in [-0.4, -0.2) is 19.6 Å². The molecule has 0 amide bonds. The molecule has 9 heavy (non-hydrogen) atoms. The van der Waals surface area contributed by atoms with Gasteiger partial charge in [0.1, 0.15) is 0 Å². The second kappa shape index (κ2) is 3.36. The van der Waals surface area contributed by atoms with E-state index in [9.17, 15) is 0 Å². The fourth-order valence-electron chi connectivity index (χ4n) is 0.362. The van der Waals surface area contributed by atoms with Crippen molar-refractivity contribution in [1.82, 2.24) is 0 Å². The predicted molar refractivity (Wildman–Crippen MR) is 32.0 cm³/mol. The molecular weight excluding hydrogens is 478 g/mol. The Bertz CT molecular complexity index is 201. The second-order valence-corrected chi connectivity index (χ2v) is 4.76. The summed E-state index contributed by atoms with van der Waals surface area (Å²) >= 11 is 4.30. The monoisotopic (exact) mass is 481 g/mol. The van der Waals surface area contributed by atoms with Crippen molar-refractivity contribution in [3.8, 4) is 0 Å². The van der Waals surface area contributed by atoms with Gasteiger partial charge in [-0.15, -0.1) is 0 Å². The van der Waals surface area contributed by atoms with E-state index < -0.39 is 0 Å². The van der Waals surface area contributed by atoms with Gasteiger partial charge in [0.2, 0.25) is 0 Å². The number of rotatable bonds is 0. The molecule has 0 aromatic rings. The van der Waals surface area contributed by atoms with Crippen LogP contribution in [0.1, 0.15) is 0 Å². The Morgan fingerprint density at radius 3 is 2.44 bits per heavy atom. The van der Waals surface area contributed by atoms with Crippen molar-refractivity contribution in [3.63, 3.8) is 0 Å². The molecule has 0 radical (unpaired) electrons. The third kappa shape index (κ3) is 1.93. The van der Waals surface area contributed by atoms with Crippen LogP contribution in [0.15, 0.2) is 4.99 Å². The number of nitrogens with zero attached hydrogens (tertiary/aromatic N) is 1. The van der Waals surface area contributed by atoms with Crippen LogP contribution in [-0.2, 0) is 43.4 Å². The molecule has 1 aliphatic rings. The Kier molecular flexibility index (Phi) is 3.00. The van der Waals surface area contributed by atoms with Crippen molar-refractivity contribution >= 4 is 25.1 Å². The van der Waals surface area contributed by atoms with Crippen molar-refractivity contribution < 1.29 is 43.4 Å². The van der Waals surface area contributed by atoms with Crippen LogP contribution < -0.4 is 0 Å². The minimum absolute atomic E-state index is 0.796. The number of ether oxygens (including phenoxy) is 1. The van der Waals surface area contributed by atoms with Crippen molar-refractivity contribution in [3.05, 3.63) is 0 Å². The van der Waals surface area contributed by atoms with Gasteiger partial charge in [-0.3, -0.25) is 0 Å². The Labute approximate surface area is 79.3 Å². The van der Waals surface area contributed by atoms with E-state index in [1.807, 2.05) is 6.26 Å². The zero-order valence-electron chi connectivity index (χ0n) is 4.58. The van der Waals surface area contributed by atoms with Crippen LogP contribution >= 0.6 is 11.8 Å². The van der Waals surface area contributed by atoms with E-state index in [0.717, 1.165) is 13.3 Å². The van der Waals surface area contributed by atoms with E-state index in [1.165, 1.54) is 38.7 Å². The summed E-state index contributed by atoms with van der Waals surface area (Å²) in [5.74, 6) is 0. The van der Waals surface area contributed by atoms with Gasteiger partial charge in [-0.25, -0.2) is 0 Å². The summed E-state index contributed by atoms with van der Waals surface area (Å²) in [5.41, 5.74) is 0. The van der Waals surface area contributed by atoms with Crippen LogP contribution in [0.25, 0.3) is 0 Å². The molecule has 0 aliphatic carbocycles. The Balaban J connectivity index is 2.74. The third-order valence-electron chi connectivity index (χ3n) is 0.722. The molecule has 0 aromatic heterocycles. The SMILES string of the molecule is CSC1=N[C](=[W])[C](=[W])O1. The summed E-state index contributed by atoms with van der Waals surface area (Å²) in [6.45, 7) is 0. The van der Waals surface area contributed by atoms with Gasteiger partial charge in [-0.2, -0.15) is 0 Å². The molecule has 0 aromatic carbocycles. The first-order chi connectivity index (χ1) is 4.24. The first-order valence-electron chi connectivity index (χ1n) is 2.13. The van der Waals surface area contributed by atoms with E-state index >= 15 is 0 Å². The van der Waals surface area contributed by atoms with Crippen molar-refractivity contribution in [2.24, 2.45) is 4.99 Å². The average Bonchev–Trinajstić information content (AvgIpc) is 2.13. The van der Waals surface area contributed by atoms with Gasteiger partial charge in [-0.05, 0) is 0 Å². The first-order valence-corrected chi connectivity index (χ1v) is 6.28. The fraction of sp³-hybridized carbons (Fsp3) is 0.250. The van der Waals surface area contributed by atoms with Gasteiger partial charge in [0.05, 0.1) is 0 Å². The molecular formula is C4H3NOSW2. The molecule has 0 bridgehead atoms. The van der Waals surface area contributed by atoms with Gasteiger partial charge in [0, 0.05) is 0 Å². The quantitative estimate of drug-likeness (QED) is 0.490. The predicted octanol–water partition coefficient (Wildman–Crippen LogP) is 0.0890. The first kappa shape index (κ1) is 8.04. The van der Waals surface area contributed by atoms with Gasteiger partial charge in [0.15, 0.2) is 0 Å². The average molecular weight is 481 g/mol.